The molecular formula is C19H23IN6O2. The molecule has 0 radical (unpaired) electrons. The molecule has 1 aliphatic rings. The number of ether oxygens (including phenoxy) is 2. The maximum absolute atomic E-state index is 5.45. The number of aliphatic imine (C=N–C) groups is 1. The Bertz CT molecular complexity index is 974. The summed E-state index contributed by atoms with van der Waals surface area (Å²) >= 11 is 0. The van der Waals surface area contributed by atoms with E-state index in [2.05, 4.69) is 25.4 Å². The van der Waals surface area contributed by atoms with Crippen LogP contribution in [0.25, 0.3) is 5.65 Å². The van der Waals surface area contributed by atoms with Gasteiger partial charge in [-0.2, -0.15) is 0 Å². The number of halogens is 1. The summed E-state index contributed by atoms with van der Waals surface area (Å²) in [5.74, 6) is 3.33. The van der Waals surface area contributed by atoms with E-state index < -0.39 is 0 Å². The highest BCUT2D eigenvalue weighted by Crippen LogP contribution is 2.32. The lowest BCUT2D eigenvalue weighted by Crippen LogP contribution is -2.39. The number of aromatic nitrogens is 3. The van der Waals surface area contributed by atoms with Gasteiger partial charge in [-0.15, -0.1) is 34.2 Å². The van der Waals surface area contributed by atoms with E-state index in [1.54, 1.807) is 7.05 Å². The first-order valence-corrected chi connectivity index (χ1v) is 8.83. The van der Waals surface area contributed by atoms with Gasteiger partial charge in [0.15, 0.2) is 23.1 Å². The normalized spacial score (nSPS) is 12.7. The predicted molar refractivity (Wildman–Crippen MR) is 117 cm³/mol. The number of benzene rings is 1. The van der Waals surface area contributed by atoms with Crippen molar-refractivity contribution in [3.05, 3.63) is 54.0 Å². The van der Waals surface area contributed by atoms with Gasteiger partial charge in [0, 0.05) is 39.8 Å². The van der Waals surface area contributed by atoms with Crippen molar-refractivity contribution in [2.24, 2.45) is 4.99 Å². The van der Waals surface area contributed by atoms with E-state index in [1.807, 2.05) is 54.0 Å². The highest BCUT2D eigenvalue weighted by molar-refractivity contribution is 14.0. The summed E-state index contributed by atoms with van der Waals surface area (Å²) in [4.78, 5) is 6.44. The van der Waals surface area contributed by atoms with Crippen molar-refractivity contribution in [1.29, 1.82) is 0 Å². The summed E-state index contributed by atoms with van der Waals surface area (Å²) < 4.78 is 12.8. The molecule has 3 heterocycles. The summed E-state index contributed by atoms with van der Waals surface area (Å²) in [5.41, 5.74) is 1.99. The Morgan fingerprint density at radius 2 is 2.07 bits per heavy atom. The van der Waals surface area contributed by atoms with Crippen molar-refractivity contribution >= 4 is 35.6 Å². The number of guanidine groups is 1. The Hall–Kier alpha value is -2.56. The van der Waals surface area contributed by atoms with E-state index >= 15 is 0 Å². The van der Waals surface area contributed by atoms with Crippen LogP contribution in [0.3, 0.4) is 0 Å². The third-order valence-corrected chi connectivity index (χ3v) is 4.45. The van der Waals surface area contributed by atoms with Crippen LogP contribution in [-0.4, -0.2) is 52.9 Å². The van der Waals surface area contributed by atoms with E-state index in [-0.39, 0.29) is 30.8 Å². The monoisotopic (exact) mass is 494 g/mol. The third kappa shape index (κ3) is 4.29. The van der Waals surface area contributed by atoms with Crippen molar-refractivity contribution in [1.82, 2.24) is 24.8 Å². The quantitative estimate of drug-likeness (QED) is 0.334. The van der Waals surface area contributed by atoms with E-state index in [1.165, 1.54) is 0 Å². The van der Waals surface area contributed by atoms with E-state index in [4.69, 9.17) is 9.47 Å². The first kappa shape index (κ1) is 20.2. The zero-order valence-electron chi connectivity index (χ0n) is 15.8. The van der Waals surface area contributed by atoms with Crippen LogP contribution >= 0.6 is 24.0 Å². The van der Waals surface area contributed by atoms with Gasteiger partial charge in [0.1, 0.15) is 5.82 Å². The number of rotatable bonds is 5. The number of hydrogen-bond donors (Lipinski definition) is 1. The molecule has 148 valence electrons. The zero-order valence-corrected chi connectivity index (χ0v) is 18.2. The molecule has 0 atom stereocenters. The minimum absolute atomic E-state index is 0. The van der Waals surface area contributed by atoms with Crippen molar-refractivity contribution < 1.29 is 9.47 Å². The SMILES string of the molecule is CN=C(NCCc1nnc2ccccn12)N(C)Cc1ccc2c(c1)OCO2.I. The van der Waals surface area contributed by atoms with Gasteiger partial charge >= 0.3 is 0 Å². The van der Waals surface area contributed by atoms with Gasteiger partial charge in [-0.3, -0.25) is 9.39 Å². The first-order valence-electron chi connectivity index (χ1n) is 8.83. The molecule has 3 aromatic rings. The Kier molecular flexibility index (Phi) is 6.55. The molecule has 0 saturated carbocycles. The molecule has 1 N–H and O–H groups in total. The standard InChI is InChI=1S/C19H22N6O2.HI/c1-20-19(21-9-8-18-23-22-17-5-3-4-10-25(17)18)24(2)12-14-6-7-15-16(11-14)27-13-26-15;/h3-7,10-11H,8-9,12-13H2,1-2H3,(H,20,21);1H. The molecule has 0 spiro atoms. The van der Waals surface area contributed by atoms with Crippen LogP contribution in [-0.2, 0) is 13.0 Å². The topological polar surface area (TPSA) is 76.3 Å². The van der Waals surface area contributed by atoms with Crippen LogP contribution in [0, 0.1) is 0 Å². The van der Waals surface area contributed by atoms with Gasteiger partial charge in [-0.05, 0) is 29.8 Å². The minimum Gasteiger partial charge on any atom is -0.454 e. The Balaban J connectivity index is 0.00000225. The van der Waals surface area contributed by atoms with Gasteiger partial charge in [-0.25, -0.2) is 0 Å². The molecule has 8 nitrogen and oxygen atoms in total. The van der Waals surface area contributed by atoms with Gasteiger partial charge in [0.05, 0.1) is 0 Å². The predicted octanol–water partition coefficient (Wildman–Crippen LogP) is 2.33. The van der Waals surface area contributed by atoms with Crippen molar-refractivity contribution in [2.45, 2.75) is 13.0 Å². The molecule has 0 aliphatic carbocycles. The van der Waals surface area contributed by atoms with Crippen molar-refractivity contribution in [2.75, 3.05) is 27.4 Å². The molecule has 0 unspecified atom stereocenters. The van der Waals surface area contributed by atoms with Crippen LogP contribution in [0.4, 0.5) is 0 Å². The molecule has 0 saturated heterocycles. The summed E-state index contributed by atoms with van der Waals surface area (Å²) in [6.45, 7) is 1.72. The molecule has 0 bridgehead atoms. The first-order chi connectivity index (χ1) is 13.2. The maximum atomic E-state index is 5.45. The second-order valence-corrected chi connectivity index (χ2v) is 6.31. The van der Waals surface area contributed by atoms with Crippen LogP contribution in [0.2, 0.25) is 0 Å². The Morgan fingerprint density at radius 3 is 2.93 bits per heavy atom. The van der Waals surface area contributed by atoms with Crippen LogP contribution in [0.1, 0.15) is 11.4 Å². The molecule has 1 aromatic carbocycles. The van der Waals surface area contributed by atoms with Gasteiger partial charge < -0.3 is 19.7 Å². The molecular weight excluding hydrogens is 471 g/mol. The lowest BCUT2D eigenvalue weighted by atomic mass is 10.2. The molecule has 0 fully saturated rings. The van der Waals surface area contributed by atoms with E-state index in [0.717, 1.165) is 40.9 Å². The van der Waals surface area contributed by atoms with Crippen LogP contribution in [0.15, 0.2) is 47.6 Å². The fourth-order valence-corrected chi connectivity index (χ4v) is 3.12. The van der Waals surface area contributed by atoms with Crippen molar-refractivity contribution in [3.8, 4) is 11.5 Å². The average molecular weight is 494 g/mol. The van der Waals surface area contributed by atoms with Crippen LogP contribution in [0.5, 0.6) is 11.5 Å². The fraction of sp³-hybridized carbons (Fsp3) is 0.316. The summed E-state index contributed by atoms with van der Waals surface area (Å²) in [6, 6.07) is 11.9. The smallest absolute Gasteiger partial charge is 0.231 e. The molecule has 2 aromatic heterocycles. The fourth-order valence-electron chi connectivity index (χ4n) is 3.12. The van der Waals surface area contributed by atoms with E-state index in [9.17, 15) is 0 Å². The molecule has 9 heteroatoms. The lowest BCUT2D eigenvalue weighted by Gasteiger charge is -2.22. The van der Waals surface area contributed by atoms with Crippen molar-refractivity contribution in [3.63, 3.8) is 0 Å². The molecule has 1 aliphatic heterocycles. The van der Waals surface area contributed by atoms with Gasteiger partial charge in [-0.1, -0.05) is 12.1 Å². The number of fused-ring (bicyclic) bond motifs is 2. The number of nitrogens with zero attached hydrogens (tertiary/aromatic N) is 5. The largest absolute Gasteiger partial charge is 0.454 e. The average Bonchev–Trinajstić information content (AvgIpc) is 3.31. The summed E-state index contributed by atoms with van der Waals surface area (Å²) in [6.07, 6.45) is 2.73. The number of pyridine rings is 1. The Labute approximate surface area is 180 Å². The lowest BCUT2D eigenvalue weighted by molar-refractivity contribution is 0.174. The number of hydrogen-bond acceptors (Lipinski definition) is 5. The Morgan fingerprint density at radius 1 is 1.21 bits per heavy atom. The number of nitrogens with one attached hydrogen (secondary N) is 1. The second kappa shape index (κ2) is 9.09. The molecule has 28 heavy (non-hydrogen) atoms. The van der Waals surface area contributed by atoms with E-state index in [0.29, 0.717) is 13.1 Å². The zero-order chi connectivity index (χ0) is 18.6. The highest BCUT2D eigenvalue weighted by atomic mass is 127. The summed E-state index contributed by atoms with van der Waals surface area (Å²) in [7, 11) is 3.79. The van der Waals surface area contributed by atoms with Crippen LogP contribution < -0.4 is 14.8 Å². The van der Waals surface area contributed by atoms with Gasteiger partial charge in [0.25, 0.3) is 0 Å². The highest BCUT2D eigenvalue weighted by Gasteiger charge is 2.15. The third-order valence-electron chi connectivity index (χ3n) is 4.45. The minimum atomic E-state index is 0. The second-order valence-electron chi connectivity index (χ2n) is 6.31. The van der Waals surface area contributed by atoms with Gasteiger partial charge in [0.2, 0.25) is 6.79 Å². The molecule has 4 rings (SSSR count). The maximum Gasteiger partial charge on any atom is 0.231 e. The summed E-state index contributed by atoms with van der Waals surface area (Å²) in [5, 5.41) is 11.8. The molecule has 0 amide bonds.